The van der Waals surface area contributed by atoms with Gasteiger partial charge >= 0.3 is 0 Å². The number of thiol groups is 1. The molecule has 0 spiro atoms. The molecule has 0 aliphatic rings. The van der Waals surface area contributed by atoms with Crippen LogP contribution in [0, 0.1) is 0 Å². The van der Waals surface area contributed by atoms with Crippen molar-refractivity contribution in [1.82, 2.24) is 10.6 Å². The predicted molar refractivity (Wildman–Crippen MR) is 55.2 cm³/mol. The number of likely N-dealkylation sites (N-methyl/N-ethyl adjacent to an activating group) is 1. The molecule has 0 bridgehead atoms. The summed E-state index contributed by atoms with van der Waals surface area (Å²) in [5.74, 6) is -1.69. The Labute approximate surface area is 82.1 Å². The lowest BCUT2D eigenvalue weighted by Gasteiger charge is -1.98. The van der Waals surface area contributed by atoms with Gasteiger partial charge in [-0.3, -0.25) is 14.9 Å². The van der Waals surface area contributed by atoms with Gasteiger partial charge in [-0.25, -0.2) is 0 Å². The van der Waals surface area contributed by atoms with E-state index >= 15 is 0 Å². The number of nitrogens with one attached hydrogen (secondary N) is 2. The minimum Gasteiger partial charge on any atom is -0.311 e. The molecule has 0 rings (SSSR count). The third-order valence-corrected chi connectivity index (χ3v) is 2.26. The Balaban J connectivity index is 3.69. The van der Waals surface area contributed by atoms with Gasteiger partial charge < -0.3 is 5.32 Å². The van der Waals surface area contributed by atoms with Gasteiger partial charge in [0.2, 0.25) is 12.1 Å². The average Bonchev–Trinajstić information content (AvgIpc) is 1.84. The quantitative estimate of drug-likeness (QED) is 0.451. The third-order valence-electron chi connectivity index (χ3n) is 0.895. The number of amides is 2. The molecule has 68 valence electrons. The van der Waals surface area contributed by atoms with Crippen LogP contribution in [0.2, 0.25) is 0 Å². The number of imide groups is 1. The number of carbonyl (C=O) groups excluding carboxylic acids is 2. The van der Waals surface area contributed by atoms with Crippen LogP contribution in [0.3, 0.4) is 0 Å². The van der Waals surface area contributed by atoms with Crippen molar-refractivity contribution in [1.29, 1.82) is 0 Å². The SMILES string of the molecule is CNCC(=O)NC(=O)C[P+](=S)S. The van der Waals surface area contributed by atoms with Crippen molar-refractivity contribution in [3.63, 3.8) is 0 Å². The second-order valence-corrected chi connectivity index (χ2v) is 6.62. The van der Waals surface area contributed by atoms with Crippen LogP contribution in [0.4, 0.5) is 0 Å². The van der Waals surface area contributed by atoms with Crippen LogP contribution < -0.4 is 10.6 Å². The summed E-state index contributed by atoms with van der Waals surface area (Å²) >= 11 is 8.62. The zero-order chi connectivity index (χ0) is 9.56. The molecule has 1 unspecified atom stereocenters. The molecule has 0 aromatic rings. The highest BCUT2D eigenvalue weighted by atomic mass is 32.9. The molecule has 0 aliphatic heterocycles. The van der Waals surface area contributed by atoms with E-state index in [9.17, 15) is 9.59 Å². The van der Waals surface area contributed by atoms with E-state index in [-0.39, 0.29) is 24.5 Å². The summed E-state index contributed by atoms with van der Waals surface area (Å²) in [5.41, 5.74) is 0. The van der Waals surface area contributed by atoms with Crippen LogP contribution >= 0.6 is 18.1 Å². The third kappa shape index (κ3) is 6.67. The molecule has 1 atom stereocenters. The summed E-state index contributed by atoms with van der Waals surface area (Å²) in [7, 11) is 1.63. The molecule has 12 heavy (non-hydrogen) atoms. The zero-order valence-corrected chi connectivity index (χ0v) is 9.14. The van der Waals surface area contributed by atoms with Crippen LogP contribution in [-0.4, -0.2) is 31.6 Å². The van der Waals surface area contributed by atoms with Crippen LogP contribution in [-0.2, 0) is 21.4 Å². The Kier molecular flexibility index (Phi) is 6.47. The van der Waals surface area contributed by atoms with E-state index in [0.29, 0.717) is 0 Å². The van der Waals surface area contributed by atoms with Gasteiger partial charge in [0, 0.05) is 0 Å². The molecular weight excluding hydrogens is 215 g/mol. The minimum absolute atomic E-state index is 0.133. The maximum atomic E-state index is 10.9. The van der Waals surface area contributed by atoms with Gasteiger partial charge in [-0.15, -0.1) is 0 Å². The van der Waals surface area contributed by atoms with Gasteiger partial charge in [-0.05, 0) is 7.05 Å². The van der Waals surface area contributed by atoms with Crippen LogP contribution in [0.15, 0.2) is 0 Å². The summed E-state index contributed by atoms with van der Waals surface area (Å²) in [5, 5.41) is 4.79. The Morgan fingerprint density at radius 1 is 1.50 bits per heavy atom. The molecule has 0 fully saturated rings. The maximum absolute atomic E-state index is 10.9. The molecule has 7 heteroatoms. The van der Waals surface area contributed by atoms with Gasteiger partial charge in [0.1, 0.15) is 0 Å². The first-order chi connectivity index (χ1) is 5.56. The summed E-state index contributed by atoms with van der Waals surface area (Å²) in [6, 6.07) is 0. The average molecular weight is 225 g/mol. The van der Waals surface area contributed by atoms with Crippen molar-refractivity contribution in [3.05, 3.63) is 0 Å². The predicted octanol–water partition coefficient (Wildman–Crippen LogP) is -0.363. The molecular formula is C5H10N2O2PS2+. The minimum atomic E-state index is -0.987. The van der Waals surface area contributed by atoms with Crippen LogP contribution in [0.5, 0.6) is 0 Å². The molecule has 0 aromatic heterocycles. The first-order valence-corrected chi connectivity index (χ1v) is 6.86. The second kappa shape index (κ2) is 6.48. The molecule has 0 saturated heterocycles. The van der Waals surface area contributed by atoms with Gasteiger partial charge in [0.15, 0.2) is 11.8 Å². The first kappa shape index (κ1) is 12.0. The molecule has 4 nitrogen and oxygen atoms in total. The molecule has 2 N–H and O–H groups in total. The van der Waals surface area contributed by atoms with E-state index in [1.165, 1.54) is 0 Å². The smallest absolute Gasteiger partial charge is 0.273 e. The monoisotopic (exact) mass is 225 g/mol. The summed E-state index contributed by atoms with van der Waals surface area (Å²) in [4.78, 5) is 21.7. The van der Waals surface area contributed by atoms with Crippen molar-refractivity contribution in [2.24, 2.45) is 0 Å². The fourth-order valence-corrected chi connectivity index (χ4v) is 1.58. The number of rotatable bonds is 4. The first-order valence-electron chi connectivity index (χ1n) is 3.17. The second-order valence-electron chi connectivity index (χ2n) is 2.01. The largest absolute Gasteiger partial charge is 0.311 e. The van der Waals surface area contributed by atoms with E-state index in [1.54, 1.807) is 7.05 Å². The standard InChI is InChI=1S/C5H9N2O2PS2/c1-6-2-4(8)7-5(9)3-10(11)12/h6H,2-3H2,1H3,(H-,7,8,9,11,12)/p+1. The Bertz CT molecular complexity index is 210. The maximum Gasteiger partial charge on any atom is 0.273 e. The van der Waals surface area contributed by atoms with Crippen molar-refractivity contribution in [2.75, 3.05) is 19.8 Å². The molecule has 0 aliphatic carbocycles. The topological polar surface area (TPSA) is 58.2 Å². The summed E-state index contributed by atoms with van der Waals surface area (Å²) in [6.45, 7) is 0.133. The van der Waals surface area contributed by atoms with Crippen molar-refractivity contribution in [3.8, 4) is 0 Å². The lowest BCUT2D eigenvalue weighted by Crippen LogP contribution is -2.37. The molecule has 0 aromatic carbocycles. The highest BCUT2D eigenvalue weighted by molar-refractivity contribution is 8.56. The molecule has 0 heterocycles. The van der Waals surface area contributed by atoms with E-state index in [1.807, 2.05) is 0 Å². The van der Waals surface area contributed by atoms with Gasteiger partial charge in [0.25, 0.3) is 11.8 Å². The molecule has 0 radical (unpaired) electrons. The van der Waals surface area contributed by atoms with Gasteiger partial charge in [-0.2, -0.15) is 0 Å². The Hall–Kier alpha value is -0.0300. The lowest BCUT2D eigenvalue weighted by atomic mass is 10.5. The molecule has 0 saturated carbocycles. The number of hydrogen-bond acceptors (Lipinski definition) is 4. The van der Waals surface area contributed by atoms with Crippen molar-refractivity contribution < 1.29 is 9.59 Å². The Morgan fingerprint density at radius 3 is 2.50 bits per heavy atom. The summed E-state index contributed by atoms with van der Waals surface area (Å²) < 4.78 is 0. The Morgan fingerprint density at radius 2 is 2.08 bits per heavy atom. The van der Waals surface area contributed by atoms with Crippen LogP contribution in [0.25, 0.3) is 0 Å². The highest BCUT2D eigenvalue weighted by Gasteiger charge is 2.14. The van der Waals surface area contributed by atoms with Gasteiger partial charge in [-0.1, -0.05) is 0 Å². The lowest BCUT2D eigenvalue weighted by molar-refractivity contribution is -0.128. The summed E-state index contributed by atoms with van der Waals surface area (Å²) in [6.07, 6.45) is 0.142. The normalized spacial score (nSPS) is 10.7. The van der Waals surface area contributed by atoms with Crippen LogP contribution in [0.1, 0.15) is 0 Å². The fourth-order valence-electron chi connectivity index (χ4n) is 0.523. The highest BCUT2D eigenvalue weighted by Crippen LogP contribution is 2.24. The van der Waals surface area contributed by atoms with E-state index in [2.05, 4.69) is 22.9 Å². The number of carbonyl (C=O) groups is 2. The molecule has 2 amide bonds. The fraction of sp³-hybridized carbons (Fsp3) is 0.600. The zero-order valence-electron chi connectivity index (χ0n) is 6.53. The van der Waals surface area contributed by atoms with E-state index in [4.69, 9.17) is 11.8 Å². The van der Waals surface area contributed by atoms with Gasteiger partial charge in [0.05, 0.1) is 18.8 Å². The van der Waals surface area contributed by atoms with Crippen molar-refractivity contribution in [2.45, 2.75) is 0 Å². The van der Waals surface area contributed by atoms with E-state index in [0.717, 1.165) is 0 Å². The van der Waals surface area contributed by atoms with Crippen molar-refractivity contribution >= 4 is 41.8 Å². The van der Waals surface area contributed by atoms with E-state index < -0.39 is 5.90 Å². The number of hydrogen-bond donors (Lipinski definition) is 3.